The van der Waals surface area contributed by atoms with Gasteiger partial charge in [-0.25, -0.2) is 4.79 Å². The second kappa shape index (κ2) is 9.80. The highest BCUT2D eigenvalue weighted by molar-refractivity contribution is 6.32. The minimum Gasteiger partial charge on any atom is -0.493 e. The van der Waals surface area contributed by atoms with Gasteiger partial charge in [-0.2, -0.15) is 0 Å². The number of nitrogens with zero attached hydrogens (tertiary/aromatic N) is 1. The van der Waals surface area contributed by atoms with Crippen LogP contribution in [0.4, 0.5) is 5.69 Å². The number of carbonyl (C=O) groups is 2. The molecular formula is C21H22ClNO5. The van der Waals surface area contributed by atoms with Crippen LogP contribution >= 0.6 is 11.6 Å². The zero-order valence-corrected chi connectivity index (χ0v) is 16.9. The zero-order valence-electron chi connectivity index (χ0n) is 16.1. The highest BCUT2D eigenvalue weighted by atomic mass is 35.5. The lowest BCUT2D eigenvalue weighted by Crippen LogP contribution is -2.37. The Morgan fingerprint density at radius 2 is 1.79 bits per heavy atom. The molecule has 1 atom stereocenters. The number of hydrogen-bond acceptors (Lipinski definition) is 5. The molecule has 0 N–H and O–H groups in total. The number of anilines is 1. The minimum atomic E-state index is -0.934. The summed E-state index contributed by atoms with van der Waals surface area (Å²) in [6.45, 7) is 1.53. The average molecular weight is 404 g/mol. The fraction of sp³-hybridized carbons (Fsp3) is 0.238. The molecule has 0 aliphatic heterocycles. The number of hydrogen-bond donors (Lipinski definition) is 0. The third kappa shape index (κ3) is 5.27. The predicted molar refractivity (Wildman–Crippen MR) is 109 cm³/mol. The third-order valence-corrected chi connectivity index (χ3v) is 4.26. The van der Waals surface area contributed by atoms with Crippen molar-refractivity contribution < 1.29 is 23.8 Å². The van der Waals surface area contributed by atoms with E-state index in [2.05, 4.69) is 0 Å². The summed E-state index contributed by atoms with van der Waals surface area (Å²) in [7, 11) is 4.61. The predicted octanol–water partition coefficient (Wildman–Crippen LogP) is 3.97. The first-order valence-corrected chi connectivity index (χ1v) is 8.88. The summed E-state index contributed by atoms with van der Waals surface area (Å²) in [4.78, 5) is 26.0. The number of carbonyl (C=O) groups excluding carboxylic acids is 2. The smallest absolute Gasteiger partial charge is 0.331 e. The average Bonchev–Trinajstić information content (AvgIpc) is 2.71. The first-order chi connectivity index (χ1) is 13.4. The van der Waals surface area contributed by atoms with Gasteiger partial charge >= 0.3 is 5.97 Å². The van der Waals surface area contributed by atoms with Crippen LogP contribution in [0.1, 0.15) is 12.5 Å². The molecule has 148 valence electrons. The van der Waals surface area contributed by atoms with Gasteiger partial charge in [0.1, 0.15) is 0 Å². The molecule has 0 fully saturated rings. The van der Waals surface area contributed by atoms with Gasteiger partial charge in [-0.15, -0.1) is 0 Å². The highest BCUT2D eigenvalue weighted by Gasteiger charge is 2.21. The van der Waals surface area contributed by atoms with Gasteiger partial charge in [0, 0.05) is 18.8 Å². The van der Waals surface area contributed by atoms with Crippen molar-refractivity contribution >= 4 is 35.2 Å². The monoisotopic (exact) mass is 403 g/mol. The fourth-order valence-electron chi connectivity index (χ4n) is 2.51. The Morgan fingerprint density at radius 1 is 1.11 bits per heavy atom. The molecule has 0 aromatic heterocycles. The van der Waals surface area contributed by atoms with Crippen LogP contribution in [0, 0.1) is 0 Å². The topological polar surface area (TPSA) is 65.1 Å². The Hall–Kier alpha value is -2.99. The number of likely N-dealkylation sites (N-methyl/N-ethyl adjacent to an activating group) is 1. The van der Waals surface area contributed by atoms with E-state index in [-0.39, 0.29) is 5.91 Å². The van der Waals surface area contributed by atoms with Crippen molar-refractivity contribution in [1.29, 1.82) is 0 Å². The van der Waals surface area contributed by atoms with Crippen LogP contribution in [0.15, 0.2) is 48.5 Å². The summed E-state index contributed by atoms with van der Waals surface area (Å²) < 4.78 is 15.6. The van der Waals surface area contributed by atoms with Gasteiger partial charge in [-0.3, -0.25) is 4.79 Å². The molecule has 0 heterocycles. The summed E-state index contributed by atoms with van der Waals surface area (Å²) in [6, 6.07) is 12.4. The molecule has 28 heavy (non-hydrogen) atoms. The molecule has 0 radical (unpaired) electrons. The van der Waals surface area contributed by atoms with Crippen LogP contribution in [-0.2, 0) is 14.3 Å². The molecule has 6 nitrogen and oxygen atoms in total. The van der Waals surface area contributed by atoms with Gasteiger partial charge in [0.15, 0.2) is 17.6 Å². The van der Waals surface area contributed by atoms with E-state index >= 15 is 0 Å². The fourth-order valence-corrected chi connectivity index (χ4v) is 2.81. The lowest BCUT2D eigenvalue weighted by molar-refractivity contribution is -0.148. The van der Waals surface area contributed by atoms with Crippen molar-refractivity contribution in [1.82, 2.24) is 0 Å². The molecule has 0 aliphatic rings. The summed E-state index contributed by atoms with van der Waals surface area (Å²) >= 11 is 6.14. The van der Waals surface area contributed by atoms with Gasteiger partial charge in [0.05, 0.1) is 19.2 Å². The molecule has 0 bridgehead atoms. The van der Waals surface area contributed by atoms with Crippen LogP contribution < -0.4 is 14.4 Å². The molecule has 7 heteroatoms. The Bertz CT molecular complexity index is 867. The van der Waals surface area contributed by atoms with E-state index in [4.69, 9.17) is 25.8 Å². The molecule has 0 unspecified atom stereocenters. The standard InChI is InChI=1S/C21H22ClNO5/c1-14(21(25)23(2)16-8-6-5-7-9-16)28-19(24)11-10-15-12-17(22)20(27-4)18(13-15)26-3/h5-14H,1-4H3/b11-10+/t14-/m1/s1. The summed E-state index contributed by atoms with van der Waals surface area (Å²) in [5.41, 5.74) is 1.34. The molecule has 1 amide bonds. The summed E-state index contributed by atoms with van der Waals surface area (Å²) in [5.74, 6) is -0.126. The number of benzene rings is 2. The summed E-state index contributed by atoms with van der Waals surface area (Å²) in [5, 5.41) is 0.350. The van der Waals surface area contributed by atoms with E-state index in [9.17, 15) is 9.59 Å². The lowest BCUT2D eigenvalue weighted by atomic mass is 10.2. The van der Waals surface area contributed by atoms with Crippen LogP contribution in [0.2, 0.25) is 5.02 Å². The molecule has 0 saturated carbocycles. The normalized spacial score (nSPS) is 11.8. The van der Waals surface area contributed by atoms with Gasteiger partial charge in [0.2, 0.25) is 0 Å². The maximum Gasteiger partial charge on any atom is 0.331 e. The Balaban J connectivity index is 2.03. The quantitative estimate of drug-likeness (QED) is 0.517. The van der Waals surface area contributed by atoms with Crippen molar-refractivity contribution in [3.05, 3.63) is 59.1 Å². The number of amides is 1. The van der Waals surface area contributed by atoms with E-state index in [0.29, 0.717) is 27.8 Å². The SMILES string of the molecule is COc1cc(/C=C/C(=O)O[C@H](C)C(=O)N(C)c2ccccc2)cc(Cl)c1OC. The number of esters is 1. The maximum atomic E-state index is 12.4. The van der Waals surface area contributed by atoms with Crippen molar-refractivity contribution in [3.63, 3.8) is 0 Å². The van der Waals surface area contributed by atoms with Crippen molar-refractivity contribution in [2.75, 3.05) is 26.2 Å². The first-order valence-electron chi connectivity index (χ1n) is 8.50. The molecule has 0 spiro atoms. The maximum absolute atomic E-state index is 12.4. The van der Waals surface area contributed by atoms with E-state index in [1.807, 2.05) is 18.2 Å². The Morgan fingerprint density at radius 3 is 2.39 bits per heavy atom. The number of ether oxygens (including phenoxy) is 3. The lowest BCUT2D eigenvalue weighted by Gasteiger charge is -2.21. The van der Waals surface area contributed by atoms with Crippen molar-refractivity contribution in [2.24, 2.45) is 0 Å². The van der Waals surface area contributed by atoms with E-state index in [1.165, 1.54) is 38.2 Å². The molecule has 2 aromatic carbocycles. The van der Waals surface area contributed by atoms with Gasteiger partial charge in [0.25, 0.3) is 5.91 Å². The van der Waals surface area contributed by atoms with Crippen LogP contribution in [-0.4, -0.2) is 39.2 Å². The second-order valence-corrected chi connectivity index (χ2v) is 6.29. The molecule has 0 saturated heterocycles. The van der Waals surface area contributed by atoms with Crippen LogP contribution in [0.3, 0.4) is 0 Å². The van der Waals surface area contributed by atoms with Crippen LogP contribution in [0.25, 0.3) is 6.08 Å². The van der Waals surface area contributed by atoms with Gasteiger partial charge < -0.3 is 19.1 Å². The largest absolute Gasteiger partial charge is 0.493 e. The number of halogens is 1. The highest BCUT2D eigenvalue weighted by Crippen LogP contribution is 2.36. The summed E-state index contributed by atoms with van der Waals surface area (Å²) in [6.07, 6.45) is 1.81. The van der Waals surface area contributed by atoms with Gasteiger partial charge in [-0.1, -0.05) is 29.8 Å². The second-order valence-electron chi connectivity index (χ2n) is 5.88. The first kappa shape index (κ1) is 21.3. The third-order valence-electron chi connectivity index (χ3n) is 3.98. The number of rotatable bonds is 7. The van der Waals surface area contributed by atoms with Crippen molar-refractivity contribution in [2.45, 2.75) is 13.0 Å². The van der Waals surface area contributed by atoms with E-state index in [1.54, 1.807) is 31.3 Å². The number of para-hydroxylation sites is 1. The van der Waals surface area contributed by atoms with E-state index in [0.717, 1.165) is 0 Å². The van der Waals surface area contributed by atoms with Crippen molar-refractivity contribution in [3.8, 4) is 11.5 Å². The Labute approximate surface area is 169 Å². The molecule has 2 rings (SSSR count). The van der Waals surface area contributed by atoms with E-state index < -0.39 is 12.1 Å². The zero-order chi connectivity index (χ0) is 20.7. The molecule has 0 aliphatic carbocycles. The van der Waals surface area contributed by atoms with Gasteiger partial charge in [-0.05, 0) is 42.8 Å². The molecule has 2 aromatic rings. The minimum absolute atomic E-state index is 0.331. The van der Waals surface area contributed by atoms with Crippen LogP contribution in [0.5, 0.6) is 11.5 Å². The number of methoxy groups -OCH3 is 2. The molecular weight excluding hydrogens is 382 g/mol. The Kier molecular flexibility index (Phi) is 7.46.